The SMILES string of the molecule is Cc1ccc([N+](=O)[O-])cc1C(=O)N1CC(CN)CC1C. The summed E-state index contributed by atoms with van der Waals surface area (Å²) in [6.45, 7) is 4.96. The van der Waals surface area contributed by atoms with E-state index in [2.05, 4.69) is 0 Å². The Kier molecular flexibility index (Phi) is 4.04. The number of nitro groups is 1. The van der Waals surface area contributed by atoms with Crippen LogP contribution in [0.15, 0.2) is 18.2 Å². The first kappa shape index (κ1) is 14.5. The third-order valence-electron chi connectivity index (χ3n) is 3.92. The summed E-state index contributed by atoms with van der Waals surface area (Å²) in [5, 5.41) is 10.8. The van der Waals surface area contributed by atoms with Crippen molar-refractivity contribution in [2.24, 2.45) is 11.7 Å². The summed E-state index contributed by atoms with van der Waals surface area (Å²) in [5.74, 6) is 0.169. The van der Waals surface area contributed by atoms with Crippen LogP contribution in [-0.4, -0.2) is 34.9 Å². The summed E-state index contributed by atoms with van der Waals surface area (Å²) in [7, 11) is 0. The van der Waals surface area contributed by atoms with Crippen LogP contribution < -0.4 is 5.73 Å². The summed E-state index contributed by atoms with van der Waals surface area (Å²) >= 11 is 0. The molecule has 20 heavy (non-hydrogen) atoms. The third-order valence-corrected chi connectivity index (χ3v) is 3.92. The minimum Gasteiger partial charge on any atom is -0.336 e. The summed E-state index contributed by atoms with van der Waals surface area (Å²) in [6.07, 6.45) is 0.885. The highest BCUT2D eigenvalue weighted by Crippen LogP contribution is 2.26. The van der Waals surface area contributed by atoms with E-state index in [0.29, 0.717) is 24.6 Å². The van der Waals surface area contributed by atoms with Gasteiger partial charge in [0, 0.05) is 30.3 Å². The van der Waals surface area contributed by atoms with Crippen molar-refractivity contribution >= 4 is 11.6 Å². The van der Waals surface area contributed by atoms with Crippen LogP contribution in [0.5, 0.6) is 0 Å². The lowest BCUT2D eigenvalue weighted by Crippen LogP contribution is -2.34. The van der Waals surface area contributed by atoms with Gasteiger partial charge in [-0.25, -0.2) is 0 Å². The Morgan fingerprint density at radius 2 is 2.25 bits per heavy atom. The highest BCUT2D eigenvalue weighted by Gasteiger charge is 2.33. The summed E-state index contributed by atoms with van der Waals surface area (Å²) < 4.78 is 0. The molecule has 6 heteroatoms. The van der Waals surface area contributed by atoms with E-state index in [1.165, 1.54) is 12.1 Å². The molecule has 1 saturated heterocycles. The van der Waals surface area contributed by atoms with Crippen molar-refractivity contribution < 1.29 is 9.72 Å². The Morgan fingerprint density at radius 3 is 2.80 bits per heavy atom. The van der Waals surface area contributed by atoms with E-state index in [-0.39, 0.29) is 17.6 Å². The van der Waals surface area contributed by atoms with Gasteiger partial charge in [-0.15, -0.1) is 0 Å². The van der Waals surface area contributed by atoms with Crippen LogP contribution in [-0.2, 0) is 0 Å². The van der Waals surface area contributed by atoms with Crippen LogP contribution in [0.2, 0.25) is 0 Å². The number of nitrogens with two attached hydrogens (primary N) is 1. The van der Waals surface area contributed by atoms with Crippen LogP contribution in [0.25, 0.3) is 0 Å². The predicted molar refractivity (Wildman–Crippen MR) is 75.5 cm³/mol. The molecule has 108 valence electrons. The van der Waals surface area contributed by atoms with Crippen molar-refractivity contribution in [2.45, 2.75) is 26.3 Å². The van der Waals surface area contributed by atoms with E-state index < -0.39 is 4.92 Å². The summed E-state index contributed by atoms with van der Waals surface area (Å²) in [6, 6.07) is 4.52. The maximum absolute atomic E-state index is 12.6. The van der Waals surface area contributed by atoms with E-state index in [0.717, 1.165) is 12.0 Å². The van der Waals surface area contributed by atoms with Crippen LogP contribution in [0.1, 0.15) is 29.3 Å². The average molecular weight is 277 g/mol. The zero-order valence-electron chi connectivity index (χ0n) is 11.7. The molecule has 1 aromatic rings. The fraction of sp³-hybridized carbons (Fsp3) is 0.500. The number of carbonyl (C=O) groups is 1. The average Bonchev–Trinajstić information content (AvgIpc) is 2.79. The Hall–Kier alpha value is -1.95. The third kappa shape index (κ3) is 2.65. The summed E-state index contributed by atoms with van der Waals surface area (Å²) in [4.78, 5) is 24.7. The molecule has 1 aliphatic rings. The highest BCUT2D eigenvalue weighted by atomic mass is 16.6. The quantitative estimate of drug-likeness (QED) is 0.672. The van der Waals surface area contributed by atoms with Crippen molar-refractivity contribution in [2.75, 3.05) is 13.1 Å². The highest BCUT2D eigenvalue weighted by molar-refractivity contribution is 5.96. The minimum absolute atomic E-state index is 0.0545. The largest absolute Gasteiger partial charge is 0.336 e. The molecule has 2 N–H and O–H groups in total. The number of hydrogen-bond donors (Lipinski definition) is 1. The van der Waals surface area contributed by atoms with Gasteiger partial charge in [-0.1, -0.05) is 6.07 Å². The van der Waals surface area contributed by atoms with Gasteiger partial charge in [0.15, 0.2) is 0 Å². The number of hydrogen-bond acceptors (Lipinski definition) is 4. The van der Waals surface area contributed by atoms with Gasteiger partial charge in [-0.2, -0.15) is 0 Å². The first-order valence-electron chi connectivity index (χ1n) is 6.70. The summed E-state index contributed by atoms with van der Waals surface area (Å²) in [5.41, 5.74) is 6.77. The van der Waals surface area contributed by atoms with Crippen molar-refractivity contribution in [3.63, 3.8) is 0 Å². The number of aryl methyl sites for hydroxylation is 1. The zero-order valence-corrected chi connectivity index (χ0v) is 11.7. The number of carbonyl (C=O) groups excluding carboxylic acids is 1. The van der Waals surface area contributed by atoms with Gasteiger partial charge in [-0.05, 0) is 38.3 Å². The van der Waals surface area contributed by atoms with E-state index in [9.17, 15) is 14.9 Å². The van der Waals surface area contributed by atoms with E-state index in [1.807, 2.05) is 6.92 Å². The second kappa shape index (κ2) is 5.58. The molecule has 1 amide bonds. The first-order chi connectivity index (χ1) is 9.43. The van der Waals surface area contributed by atoms with Gasteiger partial charge in [0.05, 0.1) is 4.92 Å². The van der Waals surface area contributed by atoms with Gasteiger partial charge in [0.25, 0.3) is 11.6 Å². The van der Waals surface area contributed by atoms with Gasteiger partial charge in [0.2, 0.25) is 0 Å². The molecular formula is C14H19N3O3. The minimum atomic E-state index is -0.480. The van der Waals surface area contributed by atoms with Crippen LogP contribution in [0, 0.1) is 23.0 Å². The van der Waals surface area contributed by atoms with Crippen molar-refractivity contribution in [3.05, 3.63) is 39.4 Å². The molecule has 0 spiro atoms. The molecule has 6 nitrogen and oxygen atoms in total. The lowest BCUT2D eigenvalue weighted by molar-refractivity contribution is -0.384. The molecule has 0 aromatic heterocycles. The lowest BCUT2D eigenvalue weighted by atomic mass is 10.1. The van der Waals surface area contributed by atoms with Crippen molar-refractivity contribution in [1.29, 1.82) is 0 Å². The maximum Gasteiger partial charge on any atom is 0.270 e. The monoisotopic (exact) mass is 277 g/mol. The number of nitro benzene ring substituents is 1. The first-order valence-corrected chi connectivity index (χ1v) is 6.70. The number of likely N-dealkylation sites (tertiary alicyclic amines) is 1. The van der Waals surface area contributed by atoms with Crippen molar-refractivity contribution in [3.8, 4) is 0 Å². The Labute approximate surface area is 117 Å². The van der Waals surface area contributed by atoms with Crippen LogP contribution in [0.4, 0.5) is 5.69 Å². The molecule has 1 heterocycles. The fourth-order valence-electron chi connectivity index (χ4n) is 2.70. The van der Waals surface area contributed by atoms with Crippen LogP contribution in [0.3, 0.4) is 0 Å². The molecule has 1 fully saturated rings. The van der Waals surface area contributed by atoms with Crippen LogP contribution >= 0.6 is 0 Å². The topological polar surface area (TPSA) is 89.5 Å². The molecule has 2 rings (SSSR count). The molecule has 0 aliphatic carbocycles. The second-order valence-corrected chi connectivity index (χ2v) is 5.40. The standard InChI is InChI=1S/C14H19N3O3/c1-9-3-4-12(17(19)20)6-13(9)14(18)16-8-11(7-15)5-10(16)2/h3-4,6,10-11H,5,7-8,15H2,1-2H3. The van der Waals surface area contributed by atoms with Gasteiger partial charge >= 0.3 is 0 Å². The van der Waals surface area contributed by atoms with E-state index in [1.54, 1.807) is 17.9 Å². The molecule has 1 aliphatic heterocycles. The molecule has 0 saturated carbocycles. The molecule has 1 aromatic carbocycles. The molecule has 2 atom stereocenters. The number of benzene rings is 1. The second-order valence-electron chi connectivity index (χ2n) is 5.40. The predicted octanol–water partition coefficient (Wildman–Crippen LogP) is 1.71. The van der Waals surface area contributed by atoms with Crippen molar-refractivity contribution in [1.82, 2.24) is 4.90 Å². The fourth-order valence-corrected chi connectivity index (χ4v) is 2.70. The number of rotatable bonds is 3. The van der Waals surface area contributed by atoms with E-state index >= 15 is 0 Å². The Morgan fingerprint density at radius 1 is 1.55 bits per heavy atom. The van der Waals surface area contributed by atoms with Gasteiger partial charge in [-0.3, -0.25) is 14.9 Å². The maximum atomic E-state index is 12.6. The number of non-ortho nitro benzene ring substituents is 1. The normalized spacial score (nSPS) is 22.1. The Balaban J connectivity index is 2.29. The molecule has 0 radical (unpaired) electrons. The Bertz CT molecular complexity index is 544. The molecular weight excluding hydrogens is 258 g/mol. The zero-order chi connectivity index (χ0) is 14.9. The van der Waals surface area contributed by atoms with E-state index in [4.69, 9.17) is 5.73 Å². The molecule has 2 unspecified atom stereocenters. The van der Waals surface area contributed by atoms with Gasteiger partial charge < -0.3 is 10.6 Å². The molecule has 0 bridgehead atoms. The number of nitrogens with zero attached hydrogens (tertiary/aromatic N) is 2. The smallest absolute Gasteiger partial charge is 0.270 e. The number of amides is 1. The van der Waals surface area contributed by atoms with Gasteiger partial charge in [0.1, 0.15) is 0 Å². The lowest BCUT2D eigenvalue weighted by Gasteiger charge is -2.22.